The van der Waals surface area contributed by atoms with Gasteiger partial charge < -0.3 is 9.80 Å². The molecule has 2 aliphatic heterocycles. The quantitative estimate of drug-likeness (QED) is 0.821. The molecule has 1 aromatic heterocycles. The Morgan fingerprint density at radius 2 is 2.08 bits per heavy atom. The van der Waals surface area contributed by atoms with Crippen molar-refractivity contribution >= 4 is 11.8 Å². The number of rotatable bonds is 4. The third-order valence-electron chi connectivity index (χ3n) is 5.49. The Balaban J connectivity index is 1.82. The van der Waals surface area contributed by atoms with E-state index in [9.17, 15) is 9.59 Å². The third-order valence-corrected chi connectivity index (χ3v) is 5.49. The van der Waals surface area contributed by atoms with E-state index in [-0.39, 0.29) is 23.1 Å². The van der Waals surface area contributed by atoms with Gasteiger partial charge in [-0.25, -0.2) is 0 Å². The van der Waals surface area contributed by atoms with Gasteiger partial charge in [0, 0.05) is 76.0 Å². The summed E-state index contributed by atoms with van der Waals surface area (Å²) in [6, 6.07) is 4.04. The lowest BCUT2D eigenvalue weighted by Gasteiger charge is -2.34. The molecule has 0 bridgehead atoms. The normalized spacial score (nSPS) is 24.5. The Kier molecular flexibility index (Phi) is 5.61. The van der Waals surface area contributed by atoms with Crippen LogP contribution in [-0.2, 0) is 16.1 Å². The van der Waals surface area contributed by atoms with E-state index in [1.807, 2.05) is 42.8 Å². The van der Waals surface area contributed by atoms with Crippen molar-refractivity contribution in [3.63, 3.8) is 0 Å². The summed E-state index contributed by atoms with van der Waals surface area (Å²) in [5, 5.41) is 0. The molecule has 6 heteroatoms. The summed E-state index contributed by atoms with van der Waals surface area (Å²) < 4.78 is 0. The maximum Gasteiger partial charge on any atom is 0.225 e. The average molecular weight is 358 g/mol. The molecule has 2 amide bonds. The summed E-state index contributed by atoms with van der Waals surface area (Å²) in [6.07, 6.45) is 4.21. The zero-order valence-electron chi connectivity index (χ0n) is 16.1. The zero-order chi connectivity index (χ0) is 18.7. The molecule has 0 saturated carbocycles. The van der Waals surface area contributed by atoms with E-state index in [0.29, 0.717) is 13.0 Å². The Hall–Kier alpha value is -1.95. The lowest BCUT2D eigenvalue weighted by Crippen LogP contribution is -2.45. The lowest BCUT2D eigenvalue weighted by atomic mass is 9.85. The highest BCUT2D eigenvalue weighted by molar-refractivity contribution is 5.81. The van der Waals surface area contributed by atoms with E-state index in [0.717, 1.165) is 39.3 Å². The zero-order valence-corrected chi connectivity index (χ0v) is 16.1. The number of aromatic nitrogens is 1. The van der Waals surface area contributed by atoms with Gasteiger partial charge in [0.2, 0.25) is 11.8 Å². The van der Waals surface area contributed by atoms with E-state index >= 15 is 0 Å². The highest BCUT2D eigenvalue weighted by Crippen LogP contribution is 2.35. The SMILES string of the molecule is CCN1CC2(CC1=O)CN(Cc1cccnc1)CCN(C(=O)C(C)C)C2. The van der Waals surface area contributed by atoms with Crippen LogP contribution in [0.1, 0.15) is 32.8 Å². The molecular weight excluding hydrogens is 328 g/mol. The maximum absolute atomic E-state index is 12.7. The topological polar surface area (TPSA) is 56.8 Å². The second kappa shape index (κ2) is 7.74. The molecule has 2 aliphatic rings. The van der Waals surface area contributed by atoms with Crippen molar-refractivity contribution in [2.75, 3.05) is 39.3 Å². The minimum absolute atomic E-state index is 0.0173. The van der Waals surface area contributed by atoms with Crippen LogP contribution >= 0.6 is 0 Å². The van der Waals surface area contributed by atoms with Gasteiger partial charge in [-0.2, -0.15) is 0 Å². The maximum atomic E-state index is 12.7. The van der Waals surface area contributed by atoms with Crippen LogP contribution in [0.4, 0.5) is 0 Å². The molecule has 0 aliphatic carbocycles. The van der Waals surface area contributed by atoms with Gasteiger partial charge in [0.25, 0.3) is 0 Å². The fourth-order valence-electron chi connectivity index (χ4n) is 4.27. The van der Waals surface area contributed by atoms with Gasteiger partial charge in [-0.05, 0) is 18.6 Å². The van der Waals surface area contributed by atoms with Crippen molar-refractivity contribution < 1.29 is 9.59 Å². The number of carbonyl (C=O) groups is 2. The smallest absolute Gasteiger partial charge is 0.225 e. The van der Waals surface area contributed by atoms with Crippen molar-refractivity contribution in [3.8, 4) is 0 Å². The molecule has 0 aromatic carbocycles. The molecule has 3 rings (SSSR count). The third kappa shape index (κ3) is 4.06. The number of amides is 2. The van der Waals surface area contributed by atoms with Gasteiger partial charge in [0.1, 0.15) is 0 Å². The second-order valence-corrected chi connectivity index (χ2v) is 8.07. The van der Waals surface area contributed by atoms with Crippen LogP contribution in [0.25, 0.3) is 0 Å². The minimum Gasteiger partial charge on any atom is -0.342 e. The van der Waals surface area contributed by atoms with Crippen molar-refractivity contribution in [2.45, 2.75) is 33.7 Å². The molecule has 1 unspecified atom stereocenters. The second-order valence-electron chi connectivity index (χ2n) is 8.07. The van der Waals surface area contributed by atoms with Gasteiger partial charge in [-0.15, -0.1) is 0 Å². The van der Waals surface area contributed by atoms with Gasteiger partial charge in [-0.3, -0.25) is 19.5 Å². The minimum atomic E-state index is -0.170. The van der Waals surface area contributed by atoms with Gasteiger partial charge in [-0.1, -0.05) is 19.9 Å². The Morgan fingerprint density at radius 1 is 1.27 bits per heavy atom. The van der Waals surface area contributed by atoms with Crippen LogP contribution in [0.5, 0.6) is 0 Å². The molecule has 26 heavy (non-hydrogen) atoms. The van der Waals surface area contributed by atoms with E-state index in [1.54, 1.807) is 6.20 Å². The fourth-order valence-corrected chi connectivity index (χ4v) is 4.27. The van der Waals surface area contributed by atoms with Crippen molar-refractivity contribution in [1.82, 2.24) is 19.7 Å². The van der Waals surface area contributed by atoms with Crippen molar-refractivity contribution in [2.24, 2.45) is 11.3 Å². The Bertz CT molecular complexity index is 648. The first-order valence-electron chi connectivity index (χ1n) is 9.60. The molecular formula is C20H30N4O2. The van der Waals surface area contributed by atoms with E-state index < -0.39 is 0 Å². The molecule has 3 heterocycles. The highest BCUT2D eigenvalue weighted by atomic mass is 16.2. The predicted molar refractivity (Wildman–Crippen MR) is 100 cm³/mol. The van der Waals surface area contributed by atoms with E-state index in [4.69, 9.17) is 0 Å². The van der Waals surface area contributed by atoms with Crippen molar-refractivity contribution in [1.29, 1.82) is 0 Å². The summed E-state index contributed by atoms with van der Waals surface area (Å²) in [4.78, 5) is 35.7. The summed E-state index contributed by atoms with van der Waals surface area (Å²) >= 11 is 0. The first-order chi connectivity index (χ1) is 12.4. The number of hydrogen-bond acceptors (Lipinski definition) is 4. The number of likely N-dealkylation sites (tertiary alicyclic amines) is 1. The predicted octanol–water partition coefficient (Wildman–Crippen LogP) is 1.62. The molecule has 1 spiro atoms. The molecule has 142 valence electrons. The monoisotopic (exact) mass is 358 g/mol. The van der Waals surface area contributed by atoms with Crippen LogP contribution in [0.3, 0.4) is 0 Å². The van der Waals surface area contributed by atoms with Gasteiger partial charge in [0.05, 0.1) is 0 Å². The lowest BCUT2D eigenvalue weighted by molar-refractivity contribution is -0.135. The molecule has 1 atom stereocenters. The molecule has 0 N–H and O–H groups in total. The van der Waals surface area contributed by atoms with Crippen molar-refractivity contribution in [3.05, 3.63) is 30.1 Å². The largest absolute Gasteiger partial charge is 0.342 e. The van der Waals surface area contributed by atoms with Gasteiger partial charge in [0.15, 0.2) is 0 Å². The highest BCUT2D eigenvalue weighted by Gasteiger charge is 2.46. The Morgan fingerprint density at radius 3 is 2.69 bits per heavy atom. The standard InChI is InChI=1S/C20H30N4O2/c1-4-23-14-20(10-18(23)25)13-22(12-17-6-5-7-21-11-17)8-9-24(15-20)19(26)16(2)3/h5-7,11,16H,4,8-10,12-15H2,1-3H3. The summed E-state index contributed by atoms with van der Waals surface area (Å²) in [5.41, 5.74) is 0.999. The number of nitrogens with zero attached hydrogens (tertiary/aromatic N) is 4. The number of carbonyl (C=O) groups excluding carboxylic acids is 2. The molecule has 2 fully saturated rings. The molecule has 6 nitrogen and oxygen atoms in total. The van der Waals surface area contributed by atoms with E-state index in [2.05, 4.69) is 16.0 Å². The van der Waals surface area contributed by atoms with E-state index in [1.165, 1.54) is 5.56 Å². The van der Waals surface area contributed by atoms with Crippen LogP contribution in [0.2, 0.25) is 0 Å². The first kappa shape index (κ1) is 18.8. The summed E-state index contributed by atoms with van der Waals surface area (Å²) in [6.45, 7) is 11.3. The van der Waals surface area contributed by atoms with Crippen LogP contribution < -0.4 is 0 Å². The Labute approximate surface area is 156 Å². The molecule has 1 aromatic rings. The number of pyridine rings is 1. The van der Waals surface area contributed by atoms with Crippen LogP contribution in [0.15, 0.2) is 24.5 Å². The summed E-state index contributed by atoms with van der Waals surface area (Å²) in [7, 11) is 0. The van der Waals surface area contributed by atoms with Gasteiger partial charge >= 0.3 is 0 Å². The van der Waals surface area contributed by atoms with Crippen LogP contribution in [0, 0.1) is 11.3 Å². The first-order valence-corrected chi connectivity index (χ1v) is 9.60. The average Bonchev–Trinajstić information content (AvgIpc) is 2.82. The number of hydrogen-bond donors (Lipinski definition) is 0. The fraction of sp³-hybridized carbons (Fsp3) is 0.650. The van der Waals surface area contributed by atoms with Crippen LogP contribution in [-0.4, -0.2) is 70.8 Å². The molecule has 2 saturated heterocycles. The molecule has 0 radical (unpaired) electrons. The summed E-state index contributed by atoms with van der Waals surface area (Å²) in [5.74, 6) is 0.388.